The third-order valence-electron chi connectivity index (χ3n) is 2.81. The lowest BCUT2D eigenvalue weighted by molar-refractivity contribution is 0.00406. The van der Waals surface area contributed by atoms with E-state index in [1.165, 1.54) is 12.5 Å². The molecule has 0 amide bonds. The zero-order valence-electron chi connectivity index (χ0n) is 10.1. The molecule has 0 aliphatic carbocycles. The number of aliphatic hydroxyl groups is 2. The molecule has 2 unspecified atom stereocenters. The Kier molecular flexibility index (Phi) is 4.25. The number of hydrogen-bond acceptors (Lipinski definition) is 6. The highest BCUT2D eigenvalue weighted by atomic mass is 19.1. The van der Waals surface area contributed by atoms with Crippen molar-refractivity contribution in [3.8, 4) is 0 Å². The van der Waals surface area contributed by atoms with Gasteiger partial charge in [0.2, 0.25) is 0 Å². The van der Waals surface area contributed by atoms with E-state index in [2.05, 4.69) is 15.0 Å². The van der Waals surface area contributed by atoms with E-state index in [1.54, 1.807) is 0 Å². The minimum absolute atomic E-state index is 0.0683. The number of halogens is 1. The number of nitrogens with one attached hydrogen (secondary N) is 1. The van der Waals surface area contributed by atoms with E-state index in [-0.39, 0.29) is 23.9 Å². The number of aromatic nitrogens is 3. The summed E-state index contributed by atoms with van der Waals surface area (Å²) < 4.78 is 17.7. The Labute approximate surface area is 108 Å². The van der Waals surface area contributed by atoms with Crippen molar-refractivity contribution in [2.45, 2.75) is 18.6 Å². The molecule has 1 aliphatic heterocycles. The van der Waals surface area contributed by atoms with Crippen LogP contribution in [0.1, 0.15) is 6.42 Å². The van der Waals surface area contributed by atoms with Crippen molar-refractivity contribution in [2.75, 3.05) is 18.9 Å². The predicted octanol–water partition coefficient (Wildman–Crippen LogP) is -0.192. The number of hydrogen-bond donors (Lipinski definition) is 4. The van der Waals surface area contributed by atoms with Crippen molar-refractivity contribution in [1.82, 2.24) is 15.0 Å². The molecule has 0 aromatic carbocycles. The number of aliphatic hydroxyl groups excluding tert-OH is 2. The number of rotatable bonds is 1. The number of nitrogens with zero attached hydrogens (tertiary/aromatic N) is 2. The van der Waals surface area contributed by atoms with E-state index in [4.69, 9.17) is 20.7 Å². The van der Waals surface area contributed by atoms with Crippen LogP contribution in [0.25, 0.3) is 11.0 Å². The van der Waals surface area contributed by atoms with Gasteiger partial charge in [0.05, 0.1) is 18.1 Å². The third-order valence-corrected chi connectivity index (χ3v) is 2.81. The van der Waals surface area contributed by atoms with Gasteiger partial charge in [0.15, 0.2) is 5.82 Å². The number of nitrogens with two attached hydrogens (primary N) is 1. The van der Waals surface area contributed by atoms with Crippen LogP contribution in [0.4, 0.5) is 10.2 Å². The molecule has 0 saturated carbocycles. The zero-order valence-corrected chi connectivity index (χ0v) is 10.1. The maximum absolute atomic E-state index is 12.8. The number of fused-ring (bicyclic) bond motifs is 1. The molecular weight excluding hydrogens is 255 g/mol. The van der Waals surface area contributed by atoms with E-state index >= 15 is 0 Å². The molecular formula is C11H15FN4O3. The second-order valence-electron chi connectivity index (χ2n) is 4.07. The Morgan fingerprint density at radius 3 is 2.84 bits per heavy atom. The lowest BCUT2D eigenvalue weighted by Gasteiger charge is -2.07. The van der Waals surface area contributed by atoms with Gasteiger partial charge in [-0.2, -0.15) is 0 Å². The van der Waals surface area contributed by atoms with Gasteiger partial charge in [-0.1, -0.05) is 0 Å². The van der Waals surface area contributed by atoms with E-state index < -0.39 is 11.9 Å². The largest absolute Gasteiger partial charge is 0.394 e. The first-order chi connectivity index (χ1) is 9.13. The van der Waals surface area contributed by atoms with Gasteiger partial charge >= 0.3 is 0 Å². The summed E-state index contributed by atoms with van der Waals surface area (Å²) in [6, 6.07) is 0. The van der Waals surface area contributed by atoms with Gasteiger partial charge in [-0.3, -0.25) is 0 Å². The van der Waals surface area contributed by atoms with E-state index in [9.17, 15) is 4.39 Å². The molecule has 5 N–H and O–H groups in total. The third kappa shape index (κ3) is 2.98. The Morgan fingerprint density at radius 1 is 1.53 bits per heavy atom. The van der Waals surface area contributed by atoms with E-state index in [1.807, 2.05) is 0 Å². The van der Waals surface area contributed by atoms with Gasteiger partial charge in [0.1, 0.15) is 23.9 Å². The second-order valence-corrected chi connectivity index (χ2v) is 4.07. The number of nitrogen functional groups attached to an aromatic ring is 1. The Bertz CT molecular complexity index is 548. The Balaban J connectivity index is 0.000000148. The summed E-state index contributed by atoms with van der Waals surface area (Å²) in [6.45, 7) is 0.508. The van der Waals surface area contributed by atoms with Crippen molar-refractivity contribution in [3.05, 3.63) is 18.3 Å². The number of ether oxygens (including phenoxy) is 1. The fourth-order valence-electron chi connectivity index (χ4n) is 1.76. The minimum Gasteiger partial charge on any atom is -0.394 e. The molecule has 3 rings (SSSR count). The summed E-state index contributed by atoms with van der Waals surface area (Å²) in [5, 5.41) is 17.6. The minimum atomic E-state index is -0.444. The Hall–Kier alpha value is -1.77. The molecule has 8 heteroatoms. The molecule has 104 valence electrons. The zero-order chi connectivity index (χ0) is 13.8. The Morgan fingerprint density at radius 2 is 2.32 bits per heavy atom. The summed E-state index contributed by atoms with van der Waals surface area (Å²) in [6.07, 6.45) is 2.38. The highest BCUT2D eigenvalue weighted by Gasteiger charge is 2.24. The summed E-state index contributed by atoms with van der Waals surface area (Å²) in [4.78, 5) is 10.0. The molecule has 19 heavy (non-hydrogen) atoms. The molecule has 3 heterocycles. The maximum Gasteiger partial charge on any atom is 0.153 e. The highest BCUT2D eigenvalue weighted by Crippen LogP contribution is 2.18. The lowest BCUT2D eigenvalue weighted by Crippen LogP contribution is -2.24. The van der Waals surface area contributed by atoms with Crippen molar-refractivity contribution in [1.29, 1.82) is 0 Å². The molecule has 0 radical (unpaired) electrons. The fourth-order valence-corrected chi connectivity index (χ4v) is 1.76. The van der Waals surface area contributed by atoms with Crippen LogP contribution in [-0.4, -0.2) is 50.6 Å². The number of H-pyrrole nitrogens is 1. The standard InChI is InChI=1S/C6H5FN4.C5H10O3/c7-3-1-9-6-4(3)5(8)10-2-11-6;6-3-5-4(7)1-2-8-5/h1-2H,(H3,8,9,10,11);4-7H,1-3H2. The predicted molar refractivity (Wildman–Crippen MR) is 65.7 cm³/mol. The molecule has 1 saturated heterocycles. The first kappa shape index (κ1) is 13.7. The van der Waals surface area contributed by atoms with Crippen LogP contribution in [0.15, 0.2) is 12.5 Å². The normalized spacial score (nSPS) is 22.3. The maximum atomic E-state index is 12.8. The molecule has 0 spiro atoms. The first-order valence-electron chi connectivity index (χ1n) is 5.77. The molecule has 1 aliphatic rings. The SMILES string of the molecule is Nc1ncnc2[nH]cc(F)c12.OCC1OCCC1O. The quantitative estimate of drug-likeness (QED) is 0.570. The molecule has 2 aromatic heterocycles. The van der Waals surface area contributed by atoms with E-state index in [0.717, 1.165) is 0 Å². The van der Waals surface area contributed by atoms with Crippen LogP contribution >= 0.6 is 0 Å². The first-order valence-corrected chi connectivity index (χ1v) is 5.77. The summed E-state index contributed by atoms with van der Waals surface area (Å²) in [5.74, 6) is -0.258. The molecule has 7 nitrogen and oxygen atoms in total. The van der Waals surface area contributed by atoms with Crippen LogP contribution in [0.2, 0.25) is 0 Å². The fraction of sp³-hybridized carbons (Fsp3) is 0.455. The second kappa shape index (κ2) is 5.91. The molecule has 2 atom stereocenters. The highest BCUT2D eigenvalue weighted by molar-refractivity contribution is 5.85. The van der Waals surface area contributed by atoms with Gasteiger partial charge in [0, 0.05) is 12.8 Å². The number of anilines is 1. The van der Waals surface area contributed by atoms with Gasteiger partial charge in [-0.25, -0.2) is 14.4 Å². The van der Waals surface area contributed by atoms with Crippen LogP contribution in [-0.2, 0) is 4.74 Å². The van der Waals surface area contributed by atoms with Crippen molar-refractivity contribution in [3.63, 3.8) is 0 Å². The summed E-state index contributed by atoms with van der Waals surface area (Å²) >= 11 is 0. The average Bonchev–Trinajstić information content (AvgIpc) is 2.98. The van der Waals surface area contributed by atoms with Crippen LogP contribution in [0.3, 0.4) is 0 Å². The van der Waals surface area contributed by atoms with Gasteiger partial charge in [-0.05, 0) is 6.42 Å². The van der Waals surface area contributed by atoms with Gasteiger partial charge in [-0.15, -0.1) is 0 Å². The van der Waals surface area contributed by atoms with E-state index in [0.29, 0.717) is 18.7 Å². The average molecular weight is 270 g/mol. The summed E-state index contributed by atoms with van der Waals surface area (Å²) in [5.41, 5.74) is 5.82. The van der Waals surface area contributed by atoms with Gasteiger partial charge in [0.25, 0.3) is 0 Å². The van der Waals surface area contributed by atoms with Crippen LogP contribution in [0, 0.1) is 5.82 Å². The van der Waals surface area contributed by atoms with Crippen molar-refractivity contribution in [2.24, 2.45) is 0 Å². The topological polar surface area (TPSA) is 117 Å². The van der Waals surface area contributed by atoms with Crippen LogP contribution in [0.5, 0.6) is 0 Å². The van der Waals surface area contributed by atoms with Crippen molar-refractivity contribution < 1.29 is 19.3 Å². The number of aromatic amines is 1. The monoisotopic (exact) mass is 270 g/mol. The molecule has 2 aromatic rings. The lowest BCUT2D eigenvalue weighted by atomic mass is 10.2. The van der Waals surface area contributed by atoms with Crippen LogP contribution < -0.4 is 5.73 Å². The molecule has 1 fully saturated rings. The smallest absolute Gasteiger partial charge is 0.153 e. The van der Waals surface area contributed by atoms with Gasteiger partial charge < -0.3 is 25.7 Å². The van der Waals surface area contributed by atoms with Crippen molar-refractivity contribution >= 4 is 16.9 Å². The molecule has 0 bridgehead atoms. The summed E-state index contributed by atoms with van der Waals surface area (Å²) in [7, 11) is 0.